The molecule has 0 N–H and O–H groups in total. The van der Waals surface area contributed by atoms with E-state index in [1.807, 2.05) is 48.5 Å². The maximum Gasteiger partial charge on any atom is 0.277 e. The van der Waals surface area contributed by atoms with E-state index in [2.05, 4.69) is 41.3 Å². The van der Waals surface area contributed by atoms with Crippen molar-refractivity contribution in [3.8, 4) is 22.6 Å². The third kappa shape index (κ3) is 5.52. The van der Waals surface area contributed by atoms with Gasteiger partial charge in [0.05, 0.1) is 13.7 Å². The van der Waals surface area contributed by atoms with Crippen LogP contribution in [-0.2, 0) is 13.0 Å². The third-order valence-corrected chi connectivity index (χ3v) is 7.58. The van der Waals surface area contributed by atoms with Crippen LogP contribution in [0.25, 0.3) is 11.1 Å². The Bertz CT molecular complexity index is 1450. The van der Waals surface area contributed by atoms with E-state index >= 15 is 0 Å². The zero-order chi connectivity index (χ0) is 26.6. The molecule has 1 aromatic heterocycles. The number of hydrogen-bond donors (Lipinski definition) is 0. The topological polar surface area (TPSA) is 54.9 Å². The number of pyridine rings is 1. The summed E-state index contributed by atoms with van der Waals surface area (Å²) < 4.78 is 11.6. The van der Waals surface area contributed by atoms with Crippen LogP contribution in [0.15, 0.2) is 84.9 Å². The molecule has 3 aromatic carbocycles. The number of benzene rings is 3. The summed E-state index contributed by atoms with van der Waals surface area (Å²) in [6.45, 7) is 4.31. The smallest absolute Gasteiger partial charge is 0.277 e. The summed E-state index contributed by atoms with van der Waals surface area (Å²) in [6.07, 6.45) is 3.21. The summed E-state index contributed by atoms with van der Waals surface area (Å²) in [5.74, 6) is 1.24. The Labute approximate surface area is 229 Å². The Morgan fingerprint density at radius 3 is 2.38 bits per heavy atom. The number of aromatic nitrogens is 1. The fourth-order valence-corrected chi connectivity index (χ4v) is 5.41. The van der Waals surface area contributed by atoms with Gasteiger partial charge in [-0.2, -0.15) is 0 Å². The lowest BCUT2D eigenvalue weighted by Gasteiger charge is -2.19. The van der Waals surface area contributed by atoms with Gasteiger partial charge < -0.3 is 14.4 Å². The molecule has 6 heteroatoms. The molecule has 0 unspecified atom stereocenters. The van der Waals surface area contributed by atoms with Crippen molar-refractivity contribution in [2.24, 2.45) is 0 Å². The molecule has 0 aliphatic carbocycles. The maximum absolute atomic E-state index is 13.4. The van der Waals surface area contributed by atoms with Gasteiger partial charge in [-0.15, -0.1) is 0 Å². The number of fused-ring (bicyclic) bond motifs is 1. The van der Waals surface area contributed by atoms with Crippen LogP contribution in [0.5, 0.6) is 11.5 Å². The summed E-state index contributed by atoms with van der Waals surface area (Å²) in [5.41, 5.74) is 6.67. The van der Waals surface area contributed by atoms with Crippen molar-refractivity contribution in [3.63, 3.8) is 0 Å². The van der Waals surface area contributed by atoms with Crippen molar-refractivity contribution in [1.29, 1.82) is 0 Å². The molecular weight excluding hydrogens is 486 g/mol. The molecular formula is C33H33N3O3. The molecule has 2 aliphatic heterocycles. The highest BCUT2D eigenvalue weighted by molar-refractivity contribution is 6.08. The molecule has 4 aromatic rings. The van der Waals surface area contributed by atoms with Crippen molar-refractivity contribution in [3.05, 3.63) is 107 Å². The van der Waals surface area contributed by atoms with E-state index in [4.69, 9.17) is 14.5 Å². The first-order valence-corrected chi connectivity index (χ1v) is 13.7. The molecule has 1 amide bonds. The average Bonchev–Trinajstić information content (AvgIpc) is 3.62. The second kappa shape index (κ2) is 11.3. The zero-order valence-electron chi connectivity index (χ0n) is 22.3. The van der Waals surface area contributed by atoms with Crippen LogP contribution in [0.3, 0.4) is 0 Å². The summed E-state index contributed by atoms with van der Waals surface area (Å²) >= 11 is 0. The number of methoxy groups -OCH3 is 1. The van der Waals surface area contributed by atoms with Crippen LogP contribution >= 0.6 is 0 Å². The highest BCUT2D eigenvalue weighted by Gasteiger charge is 2.31. The number of carbonyl (C=O) groups excluding carboxylic acids is 1. The fraction of sp³-hybridized carbons (Fsp3) is 0.273. The van der Waals surface area contributed by atoms with Gasteiger partial charge in [0.1, 0.15) is 12.3 Å². The highest BCUT2D eigenvalue weighted by atomic mass is 16.5. The number of ether oxygens (including phenoxy) is 2. The first-order chi connectivity index (χ1) is 19.2. The van der Waals surface area contributed by atoms with Crippen molar-refractivity contribution in [1.82, 2.24) is 9.88 Å². The van der Waals surface area contributed by atoms with Crippen molar-refractivity contribution < 1.29 is 14.3 Å². The quantitative estimate of drug-likeness (QED) is 0.272. The molecule has 6 rings (SSSR count). The second-order valence-corrected chi connectivity index (χ2v) is 10.2. The SMILES string of the molecule is COc1cc(N2Cc3ccc(Cc4ccc(-c5ccccc5)cc4)nc3C2=O)ccc1OCCN1CCCC1. The van der Waals surface area contributed by atoms with Crippen LogP contribution in [0.2, 0.25) is 0 Å². The van der Waals surface area contributed by atoms with Crippen LogP contribution in [0, 0.1) is 0 Å². The summed E-state index contributed by atoms with van der Waals surface area (Å²) in [4.78, 5) is 22.3. The van der Waals surface area contributed by atoms with E-state index in [0.29, 0.717) is 36.8 Å². The number of nitrogens with zero attached hydrogens (tertiary/aromatic N) is 3. The van der Waals surface area contributed by atoms with Gasteiger partial charge in [-0.3, -0.25) is 9.69 Å². The maximum atomic E-state index is 13.4. The lowest BCUT2D eigenvalue weighted by Crippen LogP contribution is -2.25. The van der Waals surface area contributed by atoms with Gasteiger partial charge >= 0.3 is 0 Å². The number of hydrogen-bond acceptors (Lipinski definition) is 5. The van der Waals surface area contributed by atoms with Crippen LogP contribution in [-0.4, -0.2) is 49.1 Å². The molecule has 1 fully saturated rings. The fourth-order valence-electron chi connectivity index (χ4n) is 5.41. The van der Waals surface area contributed by atoms with Gasteiger partial charge in [0.2, 0.25) is 0 Å². The van der Waals surface area contributed by atoms with E-state index in [-0.39, 0.29) is 5.91 Å². The van der Waals surface area contributed by atoms with E-state index in [1.54, 1.807) is 12.0 Å². The number of likely N-dealkylation sites (tertiary alicyclic amines) is 1. The van der Waals surface area contributed by atoms with Gasteiger partial charge in [0.15, 0.2) is 11.5 Å². The molecule has 0 radical (unpaired) electrons. The molecule has 0 atom stereocenters. The summed E-state index contributed by atoms with van der Waals surface area (Å²) in [6, 6.07) is 28.6. The number of rotatable bonds is 9. The third-order valence-electron chi connectivity index (χ3n) is 7.58. The Morgan fingerprint density at radius 2 is 1.62 bits per heavy atom. The summed E-state index contributed by atoms with van der Waals surface area (Å²) in [5, 5.41) is 0. The van der Waals surface area contributed by atoms with E-state index in [0.717, 1.165) is 42.1 Å². The molecule has 0 saturated carbocycles. The minimum Gasteiger partial charge on any atom is -0.493 e. The van der Waals surface area contributed by atoms with Gasteiger partial charge in [-0.1, -0.05) is 60.7 Å². The second-order valence-electron chi connectivity index (χ2n) is 10.2. The number of carbonyl (C=O) groups is 1. The van der Waals surface area contributed by atoms with Crippen LogP contribution in [0.4, 0.5) is 5.69 Å². The molecule has 1 saturated heterocycles. The molecule has 0 spiro atoms. The molecule has 0 bridgehead atoms. The lowest BCUT2D eigenvalue weighted by molar-refractivity contribution is 0.0992. The minimum atomic E-state index is -0.0870. The first kappa shape index (κ1) is 25.1. The molecule has 2 aliphatic rings. The van der Waals surface area contributed by atoms with Crippen molar-refractivity contribution >= 4 is 11.6 Å². The Morgan fingerprint density at radius 1 is 0.846 bits per heavy atom. The van der Waals surface area contributed by atoms with Crippen molar-refractivity contribution in [2.75, 3.05) is 38.3 Å². The lowest BCUT2D eigenvalue weighted by atomic mass is 10.0. The standard InChI is InChI=1S/C33H33N3O3/c1-38-31-22-29(15-16-30(31)39-20-19-35-17-5-6-18-35)36-23-27-13-14-28(34-32(27)33(36)37)21-24-9-11-26(12-10-24)25-7-3-2-4-8-25/h2-4,7-16,22H,5-6,17-21,23H2,1H3. The number of anilines is 1. The minimum absolute atomic E-state index is 0.0870. The van der Waals surface area contributed by atoms with Crippen LogP contribution in [0.1, 0.15) is 40.2 Å². The van der Waals surface area contributed by atoms with Gasteiger partial charge in [-0.05, 0) is 60.8 Å². The van der Waals surface area contributed by atoms with Gasteiger partial charge in [-0.25, -0.2) is 4.98 Å². The summed E-state index contributed by atoms with van der Waals surface area (Å²) in [7, 11) is 1.63. The zero-order valence-corrected chi connectivity index (χ0v) is 22.3. The highest BCUT2D eigenvalue weighted by Crippen LogP contribution is 2.35. The largest absolute Gasteiger partial charge is 0.493 e. The van der Waals surface area contributed by atoms with E-state index < -0.39 is 0 Å². The number of amides is 1. The van der Waals surface area contributed by atoms with Crippen molar-refractivity contribution in [2.45, 2.75) is 25.8 Å². The van der Waals surface area contributed by atoms with Gasteiger partial charge in [0, 0.05) is 36.0 Å². The van der Waals surface area contributed by atoms with Gasteiger partial charge in [0.25, 0.3) is 5.91 Å². The Balaban J connectivity index is 1.13. The first-order valence-electron chi connectivity index (χ1n) is 13.7. The van der Waals surface area contributed by atoms with E-state index in [1.165, 1.54) is 24.0 Å². The Hall–Kier alpha value is -4.16. The Kier molecular flexibility index (Phi) is 7.28. The van der Waals surface area contributed by atoms with E-state index in [9.17, 15) is 4.79 Å². The predicted molar refractivity (Wildman–Crippen MR) is 154 cm³/mol. The predicted octanol–water partition coefficient (Wildman–Crippen LogP) is 5.98. The molecule has 39 heavy (non-hydrogen) atoms. The normalized spacial score (nSPS) is 15.0. The molecule has 3 heterocycles. The molecule has 198 valence electrons. The van der Waals surface area contributed by atoms with Crippen LogP contribution < -0.4 is 14.4 Å². The monoisotopic (exact) mass is 519 g/mol. The molecule has 6 nitrogen and oxygen atoms in total. The average molecular weight is 520 g/mol.